The predicted octanol–water partition coefficient (Wildman–Crippen LogP) is 4.71. The number of hydrogen-bond acceptors (Lipinski definition) is 3. The van der Waals surface area contributed by atoms with E-state index in [2.05, 4.69) is 27.5 Å². The lowest BCUT2D eigenvalue weighted by molar-refractivity contribution is 0.127. The second kappa shape index (κ2) is 8.85. The Balaban J connectivity index is 1.69. The van der Waals surface area contributed by atoms with E-state index in [1.54, 1.807) is 19.2 Å². The van der Waals surface area contributed by atoms with E-state index in [1.807, 2.05) is 36.4 Å². The molecule has 3 rings (SSSR count). The van der Waals surface area contributed by atoms with Gasteiger partial charge in [-0.1, -0.05) is 34.7 Å². The van der Waals surface area contributed by atoms with Crippen molar-refractivity contribution < 1.29 is 13.9 Å². The molecule has 2 unspecified atom stereocenters. The summed E-state index contributed by atoms with van der Waals surface area (Å²) in [7, 11) is 1.66. The Morgan fingerprint density at radius 2 is 1.76 bits per heavy atom. The molecular formula is C20H23FINO2. The van der Waals surface area contributed by atoms with Crippen molar-refractivity contribution in [3.63, 3.8) is 0 Å². The Kier molecular flexibility index (Phi) is 6.53. The molecule has 1 aliphatic rings. The summed E-state index contributed by atoms with van der Waals surface area (Å²) < 4.78 is 25.5. The van der Waals surface area contributed by atoms with Crippen molar-refractivity contribution in [2.45, 2.75) is 12.3 Å². The summed E-state index contributed by atoms with van der Waals surface area (Å²) in [4.78, 5) is 2.45. The fourth-order valence-corrected chi connectivity index (χ4v) is 4.03. The van der Waals surface area contributed by atoms with Crippen LogP contribution in [0.25, 0.3) is 0 Å². The largest absolute Gasteiger partial charge is 0.497 e. The molecule has 0 aliphatic carbocycles. The number of rotatable bonds is 6. The molecule has 1 fully saturated rings. The van der Waals surface area contributed by atoms with Crippen molar-refractivity contribution in [2.24, 2.45) is 5.92 Å². The Bertz CT molecular complexity index is 662. The van der Waals surface area contributed by atoms with Crippen LogP contribution >= 0.6 is 22.6 Å². The zero-order chi connectivity index (χ0) is 17.6. The van der Waals surface area contributed by atoms with Gasteiger partial charge in [-0.3, -0.25) is 4.90 Å². The molecule has 0 aromatic heterocycles. The van der Waals surface area contributed by atoms with Crippen molar-refractivity contribution in [3.8, 4) is 11.5 Å². The lowest BCUT2D eigenvalue weighted by atomic mass is 9.81. The molecule has 0 saturated carbocycles. The van der Waals surface area contributed by atoms with E-state index < -0.39 is 0 Å². The fraction of sp³-hybridized carbons (Fsp3) is 0.400. The quantitative estimate of drug-likeness (QED) is 0.358. The number of ether oxygens (including phenoxy) is 2. The molecule has 0 spiro atoms. The molecule has 134 valence electrons. The molecule has 5 heteroatoms. The molecule has 1 aliphatic heterocycles. The van der Waals surface area contributed by atoms with Gasteiger partial charge in [0.25, 0.3) is 0 Å². The first-order valence-electron chi connectivity index (χ1n) is 8.50. The minimum Gasteiger partial charge on any atom is -0.497 e. The van der Waals surface area contributed by atoms with Crippen LogP contribution in [0.2, 0.25) is 0 Å². The zero-order valence-corrected chi connectivity index (χ0v) is 16.5. The number of likely N-dealkylation sites (tertiary alicyclic amines) is 1. The highest BCUT2D eigenvalue weighted by molar-refractivity contribution is 14.1. The lowest BCUT2D eigenvalue weighted by Crippen LogP contribution is -2.41. The van der Waals surface area contributed by atoms with Crippen LogP contribution in [0.15, 0.2) is 48.5 Å². The van der Waals surface area contributed by atoms with E-state index in [-0.39, 0.29) is 5.82 Å². The molecule has 0 N–H and O–H groups in total. The second-order valence-corrected chi connectivity index (χ2v) is 7.07. The Hall–Kier alpha value is -1.34. The van der Waals surface area contributed by atoms with Crippen LogP contribution in [-0.4, -0.2) is 36.3 Å². The third-order valence-corrected chi connectivity index (χ3v) is 5.77. The van der Waals surface area contributed by atoms with Crippen molar-refractivity contribution in [1.29, 1.82) is 0 Å². The van der Waals surface area contributed by atoms with Gasteiger partial charge in [-0.15, -0.1) is 0 Å². The molecule has 0 bridgehead atoms. The topological polar surface area (TPSA) is 21.7 Å². The van der Waals surface area contributed by atoms with E-state index in [1.165, 1.54) is 5.56 Å². The summed E-state index contributed by atoms with van der Waals surface area (Å²) >= 11 is 2.41. The van der Waals surface area contributed by atoms with E-state index in [9.17, 15) is 4.39 Å². The number of piperidine rings is 1. The van der Waals surface area contributed by atoms with Crippen molar-refractivity contribution in [3.05, 3.63) is 59.9 Å². The van der Waals surface area contributed by atoms with Gasteiger partial charge in [0.2, 0.25) is 0 Å². The smallest absolute Gasteiger partial charge is 0.123 e. The molecule has 3 nitrogen and oxygen atoms in total. The highest BCUT2D eigenvalue weighted by Gasteiger charge is 2.30. The van der Waals surface area contributed by atoms with Gasteiger partial charge in [0, 0.05) is 12.5 Å². The molecule has 0 radical (unpaired) electrons. The Morgan fingerprint density at radius 3 is 2.40 bits per heavy atom. The summed E-state index contributed by atoms with van der Waals surface area (Å²) in [5.74, 6) is 2.28. The van der Waals surface area contributed by atoms with Crippen molar-refractivity contribution >= 4 is 22.6 Å². The lowest BCUT2D eigenvalue weighted by Gasteiger charge is -2.38. The first-order chi connectivity index (χ1) is 12.2. The summed E-state index contributed by atoms with van der Waals surface area (Å²) in [6, 6.07) is 14.6. The molecule has 2 aromatic rings. The standard InChI is InChI=1S/C20H23FINO2/c1-24-18-6-8-19(9-7-18)25-13-16-12-23(14-22)11-10-20(16)15-2-4-17(21)5-3-15/h2-9,16,20H,10-14H2,1H3. The van der Waals surface area contributed by atoms with Gasteiger partial charge in [0.1, 0.15) is 17.3 Å². The van der Waals surface area contributed by atoms with Crippen LogP contribution < -0.4 is 9.47 Å². The van der Waals surface area contributed by atoms with Crippen LogP contribution in [0.5, 0.6) is 11.5 Å². The average molecular weight is 455 g/mol. The maximum absolute atomic E-state index is 13.3. The molecule has 2 atom stereocenters. The van der Waals surface area contributed by atoms with Gasteiger partial charge in [0.15, 0.2) is 0 Å². The van der Waals surface area contributed by atoms with Crippen molar-refractivity contribution in [1.82, 2.24) is 4.90 Å². The molecule has 25 heavy (non-hydrogen) atoms. The monoisotopic (exact) mass is 455 g/mol. The van der Waals surface area contributed by atoms with Crippen LogP contribution in [0.1, 0.15) is 17.9 Å². The van der Waals surface area contributed by atoms with Crippen LogP contribution in [0.3, 0.4) is 0 Å². The van der Waals surface area contributed by atoms with Gasteiger partial charge in [-0.2, -0.15) is 0 Å². The highest BCUT2D eigenvalue weighted by Crippen LogP contribution is 2.34. The molecule has 0 amide bonds. The predicted molar refractivity (Wildman–Crippen MR) is 106 cm³/mol. The maximum Gasteiger partial charge on any atom is 0.123 e. The minimum atomic E-state index is -0.181. The third-order valence-electron chi connectivity index (χ3n) is 4.81. The number of alkyl halides is 1. The van der Waals surface area contributed by atoms with Crippen LogP contribution in [0, 0.1) is 11.7 Å². The van der Waals surface area contributed by atoms with Gasteiger partial charge in [-0.05, 0) is 60.8 Å². The summed E-state index contributed by atoms with van der Waals surface area (Å²) in [6.45, 7) is 2.73. The molecule has 1 heterocycles. The number of halogens is 2. The Labute approximate surface area is 162 Å². The van der Waals surface area contributed by atoms with Crippen LogP contribution in [-0.2, 0) is 0 Å². The molecule has 2 aromatic carbocycles. The number of nitrogens with zero attached hydrogens (tertiary/aromatic N) is 1. The second-order valence-electron chi connectivity index (χ2n) is 6.39. The number of benzene rings is 2. The van der Waals surface area contributed by atoms with Gasteiger partial charge in [-0.25, -0.2) is 4.39 Å². The number of methoxy groups -OCH3 is 1. The third kappa shape index (κ3) is 4.85. The van der Waals surface area contributed by atoms with Crippen LogP contribution in [0.4, 0.5) is 4.39 Å². The first kappa shape index (κ1) is 18.5. The normalized spacial score (nSPS) is 21.1. The maximum atomic E-state index is 13.3. The van der Waals surface area contributed by atoms with E-state index in [0.717, 1.165) is 35.6 Å². The minimum absolute atomic E-state index is 0.181. The fourth-order valence-electron chi connectivity index (χ4n) is 3.41. The molecule has 1 saturated heterocycles. The number of hydrogen-bond donors (Lipinski definition) is 0. The molecular weight excluding hydrogens is 432 g/mol. The van der Waals surface area contributed by atoms with Crippen molar-refractivity contribution in [2.75, 3.05) is 31.4 Å². The summed E-state index contributed by atoms with van der Waals surface area (Å²) in [5, 5.41) is 0. The van der Waals surface area contributed by atoms with Gasteiger partial charge in [0.05, 0.1) is 18.3 Å². The zero-order valence-electron chi connectivity index (χ0n) is 14.3. The SMILES string of the molecule is COc1ccc(OCC2CN(CI)CCC2c2ccc(F)cc2)cc1. The Morgan fingerprint density at radius 1 is 1.08 bits per heavy atom. The van der Waals surface area contributed by atoms with Gasteiger partial charge < -0.3 is 9.47 Å². The van der Waals surface area contributed by atoms with E-state index in [4.69, 9.17) is 9.47 Å². The first-order valence-corrected chi connectivity index (χ1v) is 10.0. The summed E-state index contributed by atoms with van der Waals surface area (Å²) in [6.07, 6.45) is 1.07. The highest BCUT2D eigenvalue weighted by atomic mass is 127. The van der Waals surface area contributed by atoms with E-state index in [0.29, 0.717) is 18.4 Å². The van der Waals surface area contributed by atoms with E-state index >= 15 is 0 Å². The average Bonchev–Trinajstić information content (AvgIpc) is 2.67. The van der Waals surface area contributed by atoms with Gasteiger partial charge >= 0.3 is 0 Å². The summed E-state index contributed by atoms with van der Waals surface area (Å²) in [5.41, 5.74) is 1.21.